The molecule has 0 saturated carbocycles. The Morgan fingerprint density at radius 3 is 2.87 bits per heavy atom. The molecule has 23 heavy (non-hydrogen) atoms. The van der Waals surface area contributed by atoms with Gasteiger partial charge >= 0.3 is 6.03 Å². The van der Waals surface area contributed by atoms with Crippen LogP contribution >= 0.6 is 11.8 Å². The van der Waals surface area contributed by atoms with Gasteiger partial charge in [0.25, 0.3) is 0 Å². The third kappa shape index (κ3) is 4.13. The number of aromatic nitrogens is 2. The summed E-state index contributed by atoms with van der Waals surface area (Å²) in [6, 6.07) is 7.30. The van der Waals surface area contributed by atoms with Gasteiger partial charge in [-0.15, -0.1) is 6.58 Å². The Labute approximate surface area is 139 Å². The van der Waals surface area contributed by atoms with E-state index in [1.807, 2.05) is 28.8 Å². The van der Waals surface area contributed by atoms with Crippen LogP contribution in [0.1, 0.15) is 13.8 Å². The van der Waals surface area contributed by atoms with Gasteiger partial charge in [-0.05, 0) is 26.0 Å². The molecule has 0 spiro atoms. The second-order valence-electron chi connectivity index (χ2n) is 4.89. The normalized spacial score (nSPS) is 11.9. The van der Waals surface area contributed by atoms with E-state index in [4.69, 9.17) is 0 Å². The van der Waals surface area contributed by atoms with Crippen molar-refractivity contribution in [2.24, 2.45) is 0 Å². The first-order valence-corrected chi connectivity index (χ1v) is 8.26. The number of carbonyl (C=O) groups is 2. The van der Waals surface area contributed by atoms with Crippen LogP contribution in [0.5, 0.6) is 0 Å². The fraction of sp³-hybridized carbons (Fsp3) is 0.312. The molecule has 0 radical (unpaired) electrons. The first-order chi connectivity index (χ1) is 11.1. The maximum atomic E-state index is 12.1. The van der Waals surface area contributed by atoms with E-state index in [1.165, 1.54) is 11.8 Å². The minimum atomic E-state index is -0.482. The fourth-order valence-corrected chi connectivity index (χ4v) is 3.01. The fourth-order valence-electron chi connectivity index (χ4n) is 2.08. The second kappa shape index (κ2) is 7.82. The number of urea groups is 1. The molecule has 3 amide bonds. The van der Waals surface area contributed by atoms with Crippen LogP contribution in [0.25, 0.3) is 11.0 Å². The van der Waals surface area contributed by atoms with Crippen LogP contribution in [0, 0.1) is 0 Å². The molecule has 2 aromatic rings. The first-order valence-electron chi connectivity index (χ1n) is 7.38. The minimum Gasteiger partial charge on any atom is -0.338 e. The number of hydrogen-bond acceptors (Lipinski definition) is 4. The summed E-state index contributed by atoms with van der Waals surface area (Å²) in [5, 5.41) is 5.13. The molecule has 6 nitrogen and oxygen atoms in total. The largest absolute Gasteiger partial charge is 0.338 e. The van der Waals surface area contributed by atoms with E-state index in [9.17, 15) is 9.59 Å². The van der Waals surface area contributed by atoms with Gasteiger partial charge in [-0.2, -0.15) is 0 Å². The molecule has 0 saturated heterocycles. The number of nitrogens with one attached hydrogen (secondary N) is 2. The molecule has 7 heteroatoms. The summed E-state index contributed by atoms with van der Waals surface area (Å²) in [6.45, 7) is 8.38. The van der Waals surface area contributed by atoms with Crippen LogP contribution in [0.4, 0.5) is 4.79 Å². The topological polar surface area (TPSA) is 76.0 Å². The molecule has 1 aromatic heterocycles. The van der Waals surface area contributed by atoms with Gasteiger partial charge in [0.2, 0.25) is 5.91 Å². The van der Waals surface area contributed by atoms with Crippen LogP contribution < -0.4 is 10.6 Å². The van der Waals surface area contributed by atoms with Crippen LogP contribution in [-0.2, 0) is 11.3 Å². The van der Waals surface area contributed by atoms with Crippen molar-refractivity contribution in [3.63, 3.8) is 0 Å². The van der Waals surface area contributed by atoms with E-state index in [0.717, 1.165) is 16.2 Å². The van der Waals surface area contributed by atoms with E-state index in [1.54, 1.807) is 19.9 Å². The van der Waals surface area contributed by atoms with Crippen LogP contribution in [-0.4, -0.2) is 33.3 Å². The Morgan fingerprint density at radius 1 is 1.43 bits per heavy atom. The third-order valence-corrected chi connectivity index (χ3v) is 4.25. The lowest BCUT2D eigenvalue weighted by Crippen LogP contribution is -2.42. The highest BCUT2D eigenvalue weighted by Gasteiger charge is 2.20. The number of imide groups is 1. The molecule has 0 bridgehead atoms. The van der Waals surface area contributed by atoms with Gasteiger partial charge in [0, 0.05) is 13.1 Å². The van der Waals surface area contributed by atoms with Crippen molar-refractivity contribution in [1.82, 2.24) is 20.2 Å². The summed E-state index contributed by atoms with van der Waals surface area (Å²) < 4.78 is 2.00. The number of hydrogen-bond donors (Lipinski definition) is 2. The summed E-state index contributed by atoms with van der Waals surface area (Å²) in [7, 11) is 0. The predicted octanol–water partition coefficient (Wildman–Crippen LogP) is 2.55. The number of amides is 3. The highest BCUT2D eigenvalue weighted by Crippen LogP contribution is 2.27. The molecule has 2 N–H and O–H groups in total. The molecular formula is C16H20N4O2S. The number of fused-ring (bicyclic) bond motifs is 1. The number of allylic oxidation sites excluding steroid dienone is 1. The zero-order chi connectivity index (χ0) is 16.8. The lowest BCUT2D eigenvalue weighted by molar-refractivity contribution is -0.119. The number of imidazole rings is 1. The zero-order valence-corrected chi connectivity index (χ0v) is 14.0. The standard InChI is InChI=1S/C16H20N4O2S/c1-4-10-20-13-9-7-6-8-12(13)18-16(20)23-11(3)14(21)19-15(22)17-5-2/h4,6-9,11H,1,5,10H2,2-3H3,(H2,17,19,21,22)/t11-/m1/s1. The SMILES string of the molecule is C=CCn1c(S[C@H](C)C(=O)NC(=O)NCC)nc2ccccc21. The number of carbonyl (C=O) groups excluding carboxylic acids is 2. The third-order valence-electron chi connectivity index (χ3n) is 3.16. The number of benzene rings is 1. The van der Waals surface area contributed by atoms with Crippen molar-refractivity contribution in [3.05, 3.63) is 36.9 Å². The molecular weight excluding hydrogens is 312 g/mol. The molecule has 1 atom stereocenters. The van der Waals surface area contributed by atoms with Gasteiger partial charge in [0.15, 0.2) is 5.16 Å². The number of para-hydroxylation sites is 2. The quantitative estimate of drug-likeness (QED) is 0.630. The lowest BCUT2D eigenvalue weighted by atomic mass is 10.3. The van der Waals surface area contributed by atoms with E-state index < -0.39 is 11.3 Å². The van der Waals surface area contributed by atoms with Gasteiger partial charge in [-0.1, -0.05) is 30.0 Å². The molecule has 0 fully saturated rings. The van der Waals surface area contributed by atoms with Crippen molar-refractivity contribution in [2.45, 2.75) is 30.8 Å². The average Bonchev–Trinajstić information content (AvgIpc) is 2.85. The molecule has 0 unspecified atom stereocenters. The average molecular weight is 332 g/mol. The molecule has 1 aromatic carbocycles. The predicted molar refractivity (Wildman–Crippen MR) is 92.5 cm³/mol. The van der Waals surface area contributed by atoms with Gasteiger partial charge in [-0.25, -0.2) is 9.78 Å². The van der Waals surface area contributed by atoms with Gasteiger partial charge in [0.05, 0.1) is 16.3 Å². The zero-order valence-electron chi connectivity index (χ0n) is 13.2. The van der Waals surface area contributed by atoms with Crippen molar-refractivity contribution in [1.29, 1.82) is 0 Å². The maximum absolute atomic E-state index is 12.1. The van der Waals surface area contributed by atoms with Crippen molar-refractivity contribution < 1.29 is 9.59 Å². The molecule has 0 aliphatic heterocycles. The smallest absolute Gasteiger partial charge is 0.321 e. The summed E-state index contributed by atoms with van der Waals surface area (Å²) >= 11 is 1.32. The minimum absolute atomic E-state index is 0.349. The van der Waals surface area contributed by atoms with Gasteiger partial charge in [0.1, 0.15) is 0 Å². The monoisotopic (exact) mass is 332 g/mol. The summed E-state index contributed by atoms with van der Waals surface area (Å²) in [6.07, 6.45) is 1.79. The van der Waals surface area contributed by atoms with E-state index >= 15 is 0 Å². The maximum Gasteiger partial charge on any atom is 0.321 e. The Hall–Kier alpha value is -2.28. The lowest BCUT2D eigenvalue weighted by Gasteiger charge is -2.12. The Kier molecular flexibility index (Phi) is 5.81. The summed E-state index contributed by atoms with van der Waals surface area (Å²) in [4.78, 5) is 28.1. The molecule has 122 valence electrons. The molecule has 2 rings (SSSR count). The van der Waals surface area contributed by atoms with Crippen molar-refractivity contribution in [3.8, 4) is 0 Å². The number of nitrogens with zero attached hydrogens (tertiary/aromatic N) is 2. The van der Waals surface area contributed by atoms with E-state index in [-0.39, 0.29) is 5.91 Å². The van der Waals surface area contributed by atoms with Gasteiger partial charge < -0.3 is 9.88 Å². The second-order valence-corrected chi connectivity index (χ2v) is 6.20. The number of thioether (sulfide) groups is 1. The molecule has 1 heterocycles. The Bertz CT molecular complexity index is 726. The molecule has 0 aliphatic rings. The Morgan fingerprint density at radius 2 is 2.17 bits per heavy atom. The van der Waals surface area contributed by atoms with Crippen molar-refractivity contribution >= 4 is 34.7 Å². The first kappa shape index (κ1) is 17.1. The summed E-state index contributed by atoms with van der Waals surface area (Å²) in [5.74, 6) is -0.349. The highest BCUT2D eigenvalue weighted by atomic mass is 32.2. The van der Waals surface area contributed by atoms with E-state index in [0.29, 0.717) is 13.1 Å². The van der Waals surface area contributed by atoms with Gasteiger partial charge in [-0.3, -0.25) is 10.1 Å². The number of rotatable bonds is 6. The van der Waals surface area contributed by atoms with E-state index in [2.05, 4.69) is 22.2 Å². The summed E-state index contributed by atoms with van der Waals surface area (Å²) in [5.41, 5.74) is 1.86. The molecule has 0 aliphatic carbocycles. The van der Waals surface area contributed by atoms with Crippen molar-refractivity contribution in [2.75, 3.05) is 6.54 Å². The van der Waals surface area contributed by atoms with Crippen LogP contribution in [0.15, 0.2) is 42.1 Å². The van der Waals surface area contributed by atoms with Crippen LogP contribution in [0.2, 0.25) is 0 Å². The highest BCUT2D eigenvalue weighted by molar-refractivity contribution is 8.00. The Balaban J connectivity index is 2.17. The van der Waals surface area contributed by atoms with Crippen LogP contribution in [0.3, 0.4) is 0 Å².